The van der Waals surface area contributed by atoms with E-state index in [1.807, 2.05) is 24.3 Å². The van der Waals surface area contributed by atoms with Gasteiger partial charge in [0.25, 0.3) is 0 Å². The molecule has 138 valence electrons. The van der Waals surface area contributed by atoms with Crippen molar-refractivity contribution in [2.45, 2.75) is 0 Å². The highest BCUT2D eigenvalue weighted by molar-refractivity contribution is 6.30. The van der Waals surface area contributed by atoms with Gasteiger partial charge in [0.1, 0.15) is 5.58 Å². The highest BCUT2D eigenvalue weighted by Crippen LogP contribution is 2.32. The molecule has 4 rings (SSSR count). The standard InChI is InChI=1S/C23H16ClNO3/c24-17-12-10-15(11-13-17)19(26)14-25-21-18-8-4-5-9-20(18)28-23(21)22(27)16-6-2-1-3-7-16/h1-13,25H,14H2. The Hall–Kier alpha value is -3.37. The predicted molar refractivity (Wildman–Crippen MR) is 110 cm³/mol. The van der Waals surface area contributed by atoms with E-state index in [0.29, 0.717) is 27.4 Å². The van der Waals surface area contributed by atoms with Crippen molar-refractivity contribution >= 4 is 39.8 Å². The summed E-state index contributed by atoms with van der Waals surface area (Å²) in [5.74, 6) is -0.158. The molecule has 0 fully saturated rings. The average Bonchev–Trinajstić information content (AvgIpc) is 3.11. The molecule has 28 heavy (non-hydrogen) atoms. The summed E-state index contributed by atoms with van der Waals surface area (Å²) < 4.78 is 5.83. The number of nitrogens with one attached hydrogen (secondary N) is 1. The maximum Gasteiger partial charge on any atom is 0.230 e. The molecule has 0 saturated heterocycles. The lowest BCUT2D eigenvalue weighted by molar-refractivity contribution is 0.0997. The number of benzene rings is 3. The minimum Gasteiger partial charge on any atom is -0.450 e. The Bertz CT molecular complexity index is 1150. The minimum atomic E-state index is -0.238. The number of Topliss-reactive ketones (excluding diaryl/α,β-unsaturated/α-hetero) is 1. The van der Waals surface area contributed by atoms with Crippen LogP contribution in [0.25, 0.3) is 11.0 Å². The van der Waals surface area contributed by atoms with Crippen LogP contribution in [0.15, 0.2) is 83.3 Å². The fourth-order valence-corrected chi connectivity index (χ4v) is 3.13. The number of rotatable bonds is 6. The number of hydrogen-bond acceptors (Lipinski definition) is 4. The molecule has 1 aromatic heterocycles. The molecule has 4 nitrogen and oxygen atoms in total. The average molecular weight is 390 g/mol. The van der Waals surface area contributed by atoms with E-state index in [-0.39, 0.29) is 23.9 Å². The summed E-state index contributed by atoms with van der Waals surface area (Å²) >= 11 is 5.88. The number of furan rings is 1. The topological polar surface area (TPSA) is 59.3 Å². The van der Waals surface area contributed by atoms with Crippen LogP contribution in [0.4, 0.5) is 5.69 Å². The van der Waals surface area contributed by atoms with Gasteiger partial charge in [0, 0.05) is 21.5 Å². The lowest BCUT2D eigenvalue weighted by Crippen LogP contribution is -2.15. The quantitative estimate of drug-likeness (QED) is 0.435. The first-order valence-corrected chi connectivity index (χ1v) is 9.15. The van der Waals surface area contributed by atoms with Crippen molar-refractivity contribution in [2.75, 3.05) is 11.9 Å². The smallest absolute Gasteiger partial charge is 0.230 e. The second kappa shape index (κ2) is 7.71. The molecule has 0 aliphatic heterocycles. The van der Waals surface area contributed by atoms with Gasteiger partial charge in [-0.2, -0.15) is 0 Å². The zero-order valence-corrected chi connectivity index (χ0v) is 15.6. The van der Waals surface area contributed by atoms with Crippen molar-refractivity contribution in [3.63, 3.8) is 0 Å². The fourth-order valence-electron chi connectivity index (χ4n) is 3.01. The Kier molecular flexibility index (Phi) is 4.96. The Morgan fingerprint density at radius 3 is 2.25 bits per heavy atom. The third-order valence-corrected chi connectivity index (χ3v) is 4.68. The predicted octanol–water partition coefficient (Wildman–Crippen LogP) is 5.61. The van der Waals surface area contributed by atoms with Crippen molar-refractivity contribution in [3.05, 3.63) is 101 Å². The molecule has 3 aromatic carbocycles. The van der Waals surface area contributed by atoms with Crippen LogP contribution in [0.1, 0.15) is 26.5 Å². The van der Waals surface area contributed by atoms with Crippen LogP contribution in [-0.2, 0) is 0 Å². The van der Waals surface area contributed by atoms with E-state index in [9.17, 15) is 9.59 Å². The van der Waals surface area contributed by atoms with Gasteiger partial charge in [-0.1, -0.05) is 54.1 Å². The van der Waals surface area contributed by atoms with Crippen LogP contribution in [0.3, 0.4) is 0 Å². The molecule has 0 spiro atoms. The number of anilines is 1. The monoisotopic (exact) mass is 389 g/mol. The zero-order valence-electron chi connectivity index (χ0n) is 14.8. The van der Waals surface area contributed by atoms with E-state index in [1.54, 1.807) is 54.6 Å². The molecule has 0 radical (unpaired) electrons. The summed E-state index contributed by atoms with van der Waals surface area (Å²) in [5.41, 5.74) is 2.17. The molecule has 0 aliphatic carbocycles. The van der Waals surface area contributed by atoms with Crippen molar-refractivity contribution in [1.82, 2.24) is 0 Å². The second-order valence-corrected chi connectivity index (χ2v) is 6.72. The lowest BCUT2D eigenvalue weighted by Gasteiger charge is -2.07. The molecule has 1 heterocycles. The highest BCUT2D eigenvalue weighted by Gasteiger charge is 2.22. The van der Waals surface area contributed by atoms with Gasteiger partial charge in [-0.15, -0.1) is 0 Å². The maximum atomic E-state index is 13.0. The molecule has 0 unspecified atom stereocenters. The SMILES string of the molecule is O=C(CNc1c(C(=O)c2ccccc2)oc2ccccc12)c1ccc(Cl)cc1. The molecular weight excluding hydrogens is 374 g/mol. The van der Waals surface area contributed by atoms with Crippen LogP contribution in [0.5, 0.6) is 0 Å². The number of hydrogen-bond donors (Lipinski definition) is 1. The summed E-state index contributed by atoms with van der Waals surface area (Å²) in [6.07, 6.45) is 0. The van der Waals surface area contributed by atoms with Crippen LogP contribution in [0.2, 0.25) is 5.02 Å². The maximum absolute atomic E-state index is 13.0. The summed E-state index contributed by atoms with van der Waals surface area (Å²) in [6.45, 7) is 0.0280. The highest BCUT2D eigenvalue weighted by atomic mass is 35.5. The van der Waals surface area contributed by atoms with Gasteiger partial charge in [0.2, 0.25) is 5.78 Å². The van der Waals surface area contributed by atoms with E-state index in [0.717, 1.165) is 5.39 Å². The van der Waals surface area contributed by atoms with Crippen molar-refractivity contribution in [3.8, 4) is 0 Å². The fraction of sp³-hybridized carbons (Fsp3) is 0.0435. The van der Waals surface area contributed by atoms with Gasteiger partial charge in [-0.25, -0.2) is 0 Å². The summed E-state index contributed by atoms with van der Waals surface area (Å²) in [5, 5.41) is 4.43. The number of halogens is 1. The first-order valence-electron chi connectivity index (χ1n) is 8.77. The van der Waals surface area contributed by atoms with Crippen LogP contribution >= 0.6 is 11.6 Å². The number of carbonyl (C=O) groups is 2. The Morgan fingerprint density at radius 2 is 1.50 bits per heavy atom. The van der Waals surface area contributed by atoms with Gasteiger partial charge in [-0.3, -0.25) is 9.59 Å². The molecule has 1 N–H and O–H groups in total. The van der Waals surface area contributed by atoms with Gasteiger partial charge >= 0.3 is 0 Å². The van der Waals surface area contributed by atoms with Gasteiger partial charge < -0.3 is 9.73 Å². The van der Waals surface area contributed by atoms with E-state index in [4.69, 9.17) is 16.0 Å². The number of para-hydroxylation sites is 1. The second-order valence-electron chi connectivity index (χ2n) is 6.28. The van der Waals surface area contributed by atoms with Gasteiger partial charge in [0.15, 0.2) is 11.5 Å². The molecule has 0 amide bonds. The summed E-state index contributed by atoms with van der Waals surface area (Å²) in [4.78, 5) is 25.5. The first-order chi connectivity index (χ1) is 13.6. The van der Waals surface area contributed by atoms with Crippen molar-refractivity contribution in [1.29, 1.82) is 0 Å². The van der Waals surface area contributed by atoms with Crippen LogP contribution in [0, 0.1) is 0 Å². The van der Waals surface area contributed by atoms with Crippen LogP contribution < -0.4 is 5.32 Å². The summed E-state index contributed by atoms with van der Waals surface area (Å²) in [7, 11) is 0. The number of ketones is 2. The zero-order chi connectivity index (χ0) is 19.5. The molecule has 0 aliphatic rings. The summed E-state index contributed by atoms with van der Waals surface area (Å²) in [6, 6.07) is 23.0. The number of fused-ring (bicyclic) bond motifs is 1. The minimum absolute atomic E-state index is 0.0280. The first kappa shape index (κ1) is 18.0. The number of carbonyl (C=O) groups excluding carboxylic acids is 2. The van der Waals surface area contributed by atoms with E-state index >= 15 is 0 Å². The van der Waals surface area contributed by atoms with Gasteiger partial charge in [0.05, 0.1) is 12.2 Å². The molecule has 0 saturated carbocycles. The Labute approximate surface area is 166 Å². The molecule has 0 atom stereocenters. The molecular formula is C23H16ClNO3. The van der Waals surface area contributed by atoms with E-state index in [2.05, 4.69) is 5.32 Å². The van der Waals surface area contributed by atoms with E-state index < -0.39 is 0 Å². The normalized spacial score (nSPS) is 10.8. The Morgan fingerprint density at radius 1 is 0.821 bits per heavy atom. The molecule has 4 aromatic rings. The van der Waals surface area contributed by atoms with Gasteiger partial charge in [-0.05, 0) is 36.4 Å². The van der Waals surface area contributed by atoms with E-state index in [1.165, 1.54) is 0 Å². The largest absolute Gasteiger partial charge is 0.450 e. The van der Waals surface area contributed by atoms with Crippen molar-refractivity contribution < 1.29 is 14.0 Å². The lowest BCUT2D eigenvalue weighted by atomic mass is 10.1. The third kappa shape index (κ3) is 3.55. The molecule has 5 heteroatoms. The van der Waals surface area contributed by atoms with Crippen LogP contribution in [-0.4, -0.2) is 18.1 Å². The van der Waals surface area contributed by atoms with Crippen molar-refractivity contribution in [2.24, 2.45) is 0 Å². The third-order valence-electron chi connectivity index (χ3n) is 4.43. The molecule has 0 bridgehead atoms. The Balaban J connectivity index is 1.66.